The summed E-state index contributed by atoms with van der Waals surface area (Å²) >= 11 is 0. The summed E-state index contributed by atoms with van der Waals surface area (Å²) < 4.78 is 0. The highest BCUT2D eigenvalue weighted by molar-refractivity contribution is 5.43. The number of hydrogen-bond acceptors (Lipinski definition) is 0. The molecule has 1 N–H and O–H groups in total. The first-order chi connectivity index (χ1) is 8.33. The van der Waals surface area contributed by atoms with Crippen molar-refractivity contribution in [1.82, 2.24) is 0 Å². The van der Waals surface area contributed by atoms with Gasteiger partial charge < -0.3 is 5.73 Å². The van der Waals surface area contributed by atoms with Crippen LogP contribution in [0.5, 0.6) is 0 Å². The molecule has 0 fully saturated rings. The molecule has 17 heavy (non-hydrogen) atoms. The molecule has 0 saturated carbocycles. The van der Waals surface area contributed by atoms with Crippen LogP contribution >= 0.6 is 0 Å². The second-order valence-electron chi connectivity index (χ2n) is 4.92. The van der Waals surface area contributed by atoms with Crippen LogP contribution < -0.4 is 0 Å². The van der Waals surface area contributed by atoms with E-state index in [9.17, 15) is 0 Å². The normalized spacial score (nSPS) is 10.6. The molecule has 0 aliphatic rings. The van der Waals surface area contributed by atoms with E-state index < -0.39 is 0 Å². The highest BCUT2D eigenvalue weighted by atomic mass is 14.5. The Balaban J connectivity index is 1.95. The summed E-state index contributed by atoms with van der Waals surface area (Å²) in [5.41, 5.74) is 9.41. The summed E-state index contributed by atoms with van der Waals surface area (Å²) in [4.78, 5) is 0. The fourth-order valence-corrected chi connectivity index (χ4v) is 2.13. The van der Waals surface area contributed by atoms with Gasteiger partial charge in [0.15, 0.2) is 0 Å². The van der Waals surface area contributed by atoms with E-state index in [-0.39, 0.29) is 0 Å². The zero-order chi connectivity index (χ0) is 12.3. The molecule has 0 atom stereocenters. The van der Waals surface area contributed by atoms with Crippen molar-refractivity contribution in [2.75, 3.05) is 0 Å². The SMILES string of the molecule is CCCCCCCCCCc1ccc([NH-])cc1. The first-order valence-corrected chi connectivity index (χ1v) is 7.13. The Morgan fingerprint density at radius 1 is 0.765 bits per heavy atom. The van der Waals surface area contributed by atoms with Gasteiger partial charge in [-0.2, -0.15) is 0 Å². The van der Waals surface area contributed by atoms with Gasteiger partial charge in [0.05, 0.1) is 0 Å². The number of nitrogens with one attached hydrogen (secondary N) is 1. The molecule has 1 nitrogen and oxygen atoms in total. The largest absolute Gasteiger partial charge is 0.699 e. The van der Waals surface area contributed by atoms with Gasteiger partial charge in [0.25, 0.3) is 0 Å². The maximum absolute atomic E-state index is 7.42. The van der Waals surface area contributed by atoms with Crippen LogP contribution in [0.1, 0.15) is 63.9 Å². The molecule has 1 heteroatoms. The van der Waals surface area contributed by atoms with E-state index in [1.54, 1.807) is 0 Å². The van der Waals surface area contributed by atoms with E-state index in [0.717, 1.165) is 0 Å². The van der Waals surface area contributed by atoms with Crippen molar-refractivity contribution < 1.29 is 0 Å². The van der Waals surface area contributed by atoms with E-state index in [1.165, 1.54) is 63.4 Å². The maximum Gasteiger partial charge on any atom is -0.0279 e. The summed E-state index contributed by atoms with van der Waals surface area (Å²) in [6.45, 7) is 2.27. The summed E-state index contributed by atoms with van der Waals surface area (Å²) in [5, 5.41) is 0. The molecule has 0 unspecified atom stereocenters. The van der Waals surface area contributed by atoms with Crippen LogP contribution in [0.15, 0.2) is 24.3 Å². The van der Waals surface area contributed by atoms with Crippen LogP contribution in [0.2, 0.25) is 0 Å². The summed E-state index contributed by atoms with van der Waals surface area (Å²) in [6.07, 6.45) is 12.2. The lowest BCUT2D eigenvalue weighted by Crippen LogP contribution is -1.86. The van der Waals surface area contributed by atoms with Gasteiger partial charge >= 0.3 is 0 Å². The third-order valence-corrected chi connectivity index (χ3v) is 3.27. The van der Waals surface area contributed by atoms with Crippen molar-refractivity contribution in [3.63, 3.8) is 0 Å². The third-order valence-electron chi connectivity index (χ3n) is 3.27. The zero-order valence-electron chi connectivity index (χ0n) is 11.2. The highest BCUT2D eigenvalue weighted by Gasteiger charge is 1.93. The number of unbranched alkanes of at least 4 members (excludes halogenated alkanes) is 7. The molecule has 0 bridgehead atoms. The van der Waals surface area contributed by atoms with Crippen molar-refractivity contribution in [2.45, 2.75) is 64.7 Å². The Morgan fingerprint density at radius 3 is 1.88 bits per heavy atom. The molecule has 1 aromatic carbocycles. The molecule has 96 valence electrons. The second-order valence-corrected chi connectivity index (χ2v) is 4.92. The molecule has 0 amide bonds. The second kappa shape index (κ2) is 9.09. The van der Waals surface area contributed by atoms with Gasteiger partial charge in [-0.1, -0.05) is 76.1 Å². The fraction of sp³-hybridized carbons (Fsp3) is 0.625. The van der Waals surface area contributed by atoms with Crippen LogP contribution in [-0.2, 0) is 6.42 Å². The first-order valence-electron chi connectivity index (χ1n) is 7.13. The summed E-state index contributed by atoms with van der Waals surface area (Å²) in [6, 6.07) is 7.95. The van der Waals surface area contributed by atoms with Crippen molar-refractivity contribution in [1.29, 1.82) is 0 Å². The quantitative estimate of drug-likeness (QED) is 0.462. The minimum Gasteiger partial charge on any atom is -0.699 e. The van der Waals surface area contributed by atoms with Crippen LogP contribution in [0.3, 0.4) is 0 Å². The maximum atomic E-state index is 7.42. The smallest absolute Gasteiger partial charge is 0.0279 e. The van der Waals surface area contributed by atoms with Crippen LogP contribution in [0, 0.1) is 0 Å². The highest BCUT2D eigenvalue weighted by Crippen LogP contribution is 2.14. The van der Waals surface area contributed by atoms with E-state index in [4.69, 9.17) is 5.73 Å². The average molecular weight is 232 g/mol. The van der Waals surface area contributed by atoms with Gasteiger partial charge in [-0.05, 0) is 18.4 Å². The molecular formula is C16H26N-. The predicted molar refractivity (Wildman–Crippen MR) is 76.7 cm³/mol. The van der Waals surface area contributed by atoms with Gasteiger partial charge in [0, 0.05) is 0 Å². The molecule has 1 rings (SSSR count). The molecule has 0 aromatic heterocycles. The van der Waals surface area contributed by atoms with Crippen LogP contribution in [0.4, 0.5) is 5.69 Å². The van der Waals surface area contributed by atoms with Gasteiger partial charge in [0.2, 0.25) is 0 Å². The summed E-state index contributed by atoms with van der Waals surface area (Å²) in [7, 11) is 0. The minimum absolute atomic E-state index is 0.615. The third kappa shape index (κ3) is 7.04. The Morgan fingerprint density at radius 2 is 1.29 bits per heavy atom. The molecule has 0 aliphatic heterocycles. The fourth-order valence-electron chi connectivity index (χ4n) is 2.13. The Hall–Kier alpha value is -0.980. The molecule has 1 aromatic rings. The van der Waals surface area contributed by atoms with E-state index in [2.05, 4.69) is 19.1 Å². The minimum atomic E-state index is 0.615. The van der Waals surface area contributed by atoms with Crippen molar-refractivity contribution in [2.24, 2.45) is 0 Å². The topological polar surface area (TPSA) is 23.8 Å². The number of rotatable bonds is 9. The predicted octanol–water partition coefficient (Wildman–Crippen LogP) is 6.05. The van der Waals surface area contributed by atoms with Crippen molar-refractivity contribution >= 4 is 5.69 Å². The van der Waals surface area contributed by atoms with Crippen molar-refractivity contribution in [3.05, 3.63) is 35.6 Å². The summed E-state index contributed by atoms with van der Waals surface area (Å²) in [5.74, 6) is 0. The van der Waals surface area contributed by atoms with Gasteiger partial charge in [-0.15, -0.1) is 5.69 Å². The molecule has 0 radical (unpaired) electrons. The zero-order valence-corrected chi connectivity index (χ0v) is 11.2. The van der Waals surface area contributed by atoms with E-state index in [1.807, 2.05) is 12.1 Å². The average Bonchev–Trinajstić information content (AvgIpc) is 2.35. The lowest BCUT2D eigenvalue weighted by atomic mass is 10.0. The molecule has 0 heterocycles. The number of benzene rings is 1. The van der Waals surface area contributed by atoms with Gasteiger partial charge in [-0.25, -0.2) is 0 Å². The lowest BCUT2D eigenvalue weighted by Gasteiger charge is -2.05. The standard InChI is InChI=1S/C16H26N/c1-2-3-4-5-6-7-8-9-10-15-11-13-16(17)14-12-15/h11-14,17H,2-10H2,1H3/q-1. The molecule has 0 spiro atoms. The van der Waals surface area contributed by atoms with Gasteiger partial charge in [0.1, 0.15) is 0 Å². The van der Waals surface area contributed by atoms with Crippen LogP contribution in [0.25, 0.3) is 5.73 Å². The van der Waals surface area contributed by atoms with Crippen molar-refractivity contribution in [3.8, 4) is 0 Å². The Labute approximate surface area is 106 Å². The molecule has 0 aliphatic carbocycles. The Kier molecular flexibility index (Phi) is 7.53. The monoisotopic (exact) mass is 232 g/mol. The molecular weight excluding hydrogens is 206 g/mol. The van der Waals surface area contributed by atoms with Gasteiger partial charge in [-0.3, -0.25) is 0 Å². The molecule has 0 saturated heterocycles. The van der Waals surface area contributed by atoms with Crippen LogP contribution in [-0.4, -0.2) is 0 Å². The van der Waals surface area contributed by atoms with E-state index in [0.29, 0.717) is 5.69 Å². The number of aryl methyl sites for hydroxylation is 1. The Bertz CT molecular complexity index is 276. The lowest BCUT2D eigenvalue weighted by molar-refractivity contribution is 0.575. The van der Waals surface area contributed by atoms with E-state index >= 15 is 0 Å². The number of hydrogen-bond donors (Lipinski definition) is 0. The first kappa shape index (κ1) is 14.1.